The second-order valence-electron chi connectivity index (χ2n) is 3.92. The van der Waals surface area contributed by atoms with Gasteiger partial charge in [0.15, 0.2) is 0 Å². The fourth-order valence-electron chi connectivity index (χ4n) is 1.65. The molecule has 1 aliphatic rings. The van der Waals surface area contributed by atoms with Gasteiger partial charge >= 0.3 is 0 Å². The van der Waals surface area contributed by atoms with Crippen molar-refractivity contribution >= 4 is 11.4 Å². The second-order valence-corrected chi connectivity index (χ2v) is 3.92. The number of nitrogens with zero attached hydrogens (tertiary/aromatic N) is 2. The molecule has 90 valence electrons. The number of hydrogen-bond acceptors (Lipinski definition) is 5. The van der Waals surface area contributed by atoms with Crippen molar-refractivity contribution in [3.8, 4) is 6.07 Å². The summed E-state index contributed by atoms with van der Waals surface area (Å²) in [4.78, 5) is 4.31. The van der Waals surface area contributed by atoms with Gasteiger partial charge in [0.05, 0.1) is 5.71 Å². The quantitative estimate of drug-likeness (QED) is 0.646. The molecule has 0 saturated carbocycles. The van der Waals surface area contributed by atoms with Gasteiger partial charge in [-0.15, -0.1) is 0 Å². The number of nitrogens with two attached hydrogens (primary N) is 1. The molecule has 1 heterocycles. The van der Waals surface area contributed by atoms with E-state index < -0.39 is 0 Å². The number of nitriles is 1. The first-order valence-electron chi connectivity index (χ1n) is 5.52. The third-order valence-electron chi connectivity index (χ3n) is 2.51. The molecule has 0 aromatic carbocycles. The summed E-state index contributed by atoms with van der Waals surface area (Å²) in [5.74, 6) is 0.901. The molecule has 5 nitrogen and oxygen atoms in total. The molecule has 1 rings (SSSR count). The summed E-state index contributed by atoms with van der Waals surface area (Å²) in [5.41, 5.74) is 8.04. The molecular formula is C12H17N5. The third-order valence-corrected chi connectivity index (χ3v) is 2.51. The predicted octanol–water partition coefficient (Wildman–Crippen LogP) is 1.80. The highest BCUT2D eigenvalue weighted by molar-refractivity contribution is 6.04. The van der Waals surface area contributed by atoms with E-state index in [2.05, 4.69) is 10.3 Å². The van der Waals surface area contributed by atoms with E-state index >= 15 is 0 Å². The largest absolute Gasteiger partial charge is 0.384 e. The van der Waals surface area contributed by atoms with Crippen molar-refractivity contribution < 1.29 is 0 Å². The molecular weight excluding hydrogens is 214 g/mol. The molecule has 17 heavy (non-hydrogen) atoms. The Morgan fingerprint density at radius 2 is 2.24 bits per heavy atom. The normalized spacial score (nSPS) is 18.1. The lowest BCUT2D eigenvalue weighted by molar-refractivity contribution is 0.846. The van der Waals surface area contributed by atoms with Crippen LogP contribution in [0.2, 0.25) is 0 Å². The van der Waals surface area contributed by atoms with E-state index in [0.29, 0.717) is 28.6 Å². The standard InChI is InChI=1S/C12H17N5/c1-4-5-9(7(2)14)12-16-8(3)10(6-13)11(15)17-12/h14,17H,4-5,15H2,1-3H3/b12-9-,14-7?. The molecule has 0 atom stereocenters. The lowest BCUT2D eigenvalue weighted by atomic mass is 10.1. The molecule has 0 aliphatic carbocycles. The van der Waals surface area contributed by atoms with Crippen LogP contribution >= 0.6 is 0 Å². The first kappa shape index (κ1) is 13.0. The average molecular weight is 231 g/mol. The van der Waals surface area contributed by atoms with Crippen LogP contribution in [0.3, 0.4) is 0 Å². The van der Waals surface area contributed by atoms with Crippen molar-refractivity contribution in [3.63, 3.8) is 0 Å². The van der Waals surface area contributed by atoms with Crippen molar-refractivity contribution in [1.82, 2.24) is 5.32 Å². The van der Waals surface area contributed by atoms with Crippen LogP contribution in [0.25, 0.3) is 0 Å². The number of allylic oxidation sites excluding steroid dienone is 2. The van der Waals surface area contributed by atoms with Gasteiger partial charge in [-0.3, -0.25) is 0 Å². The molecule has 0 unspecified atom stereocenters. The van der Waals surface area contributed by atoms with E-state index in [0.717, 1.165) is 18.4 Å². The zero-order chi connectivity index (χ0) is 13.0. The summed E-state index contributed by atoms with van der Waals surface area (Å²) in [5, 5.41) is 19.5. The van der Waals surface area contributed by atoms with Gasteiger partial charge in [0.25, 0.3) is 0 Å². The number of rotatable bonds is 3. The minimum atomic E-state index is 0.310. The topological polar surface area (TPSA) is 98.0 Å². The van der Waals surface area contributed by atoms with Crippen molar-refractivity contribution in [2.45, 2.75) is 33.6 Å². The lowest BCUT2D eigenvalue weighted by Gasteiger charge is -2.19. The molecule has 0 spiro atoms. The second kappa shape index (κ2) is 5.30. The maximum Gasteiger partial charge on any atom is 0.136 e. The predicted molar refractivity (Wildman–Crippen MR) is 68.4 cm³/mol. The van der Waals surface area contributed by atoms with Crippen LogP contribution in [0.1, 0.15) is 33.6 Å². The highest BCUT2D eigenvalue weighted by atomic mass is 15.1. The van der Waals surface area contributed by atoms with Crippen LogP contribution in [0, 0.1) is 16.7 Å². The maximum absolute atomic E-state index is 8.90. The molecule has 0 aromatic rings. The van der Waals surface area contributed by atoms with Crippen LogP contribution in [0.5, 0.6) is 0 Å². The van der Waals surface area contributed by atoms with Crippen LogP contribution in [-0.2, 0) is 0 Å². The molecule has 0 amide bonds. The summed E-state index contributed by atoms with van der Waals surface area (Å²) in [6, 6.07) is 2.01. The zero-order valence-corrected chi connectivity index (χ0v) is 10.4. The summed E-state index contributed by atoms with van der Waals surface area (Å²) in [7, 11) is 0. The molecule has 0 saturated heterocycles. The minimum Gasteiger partial charge on any atom is -0.384 e. The lowest BCUT2D eigenvalue weighted by Crippen LogP contribution is -2.29. The number of hydrogen-bond donors (Lipinski definition) is 3. The van der Waals surface area contributed by atoms with Crippen LogP contribution in [0.15, 0.2) is 27.8 Å². The minimum absolute atomic E-state index is 0.310. The molecule has 0 aromatic heterocycles. The van der Waals surface area contributed by atoms with Gasteiger partial charge in [-0.05, 0) is 20.3 Å². The van der Waals surface area contributed by atoms with Gasteiger partial charge in [0.2, 0.25) is 0 Å². The Balaban J connectivity index is 3.22. The molecule has 0 bridgehead atoms. The summed E-state index contributed by atoms with van der Waals surface area (Å²) in [6.45, 7) is 5.52. The first-order chi connectivity index (χ1) is 8.01. The Morgan fingerprint density at radius 1 is 1.59 bits per heavy atom. The average Bonchev–Trinajstić information content (AvgIpc) is 2.24. The summed E-state index contributed by atoms with van der Waals surface area (Å²) < 4.78 is 0. The maximum atomic E-state index is 8.90. The first-order valence-corrected chi connectivity index (χ1v) is 5.52. The van der Waals surface area contributed by atoms with Crippen LogP contribution in [0.4, 0.5) is 0 Å². The fourth-order valence-corrected chi connectivity index (χ4v) is 1.65. The Labute approximate surface area is 101 Å². The number of aliphatic imine (C=N–C) groups is 1. The highest BCUT2D eigenvalue weighted by Gasteiger charge is 2.17. The Hall–Kier alpha value is -2.09. The van der Waals surface area contributed by atoms with Gasteiger partial charge in [0.1, 0.15) is 23.3 Å². The summed E-state index contributed by atoms with van der Waals surface area (Å²) in [6.07, 6.45) is 1.70. The molecule has 0 radical (unpaired) electrons. The van der Waals surface area contributed by atoms with E-state index in [-0.39, 0.29) is 0 Å². The van der Waals surface area contributed by atoms with Gasteiger partial charge < -0.3 is 16.5 Å². The monoisotopic (exact) mass is 231 g/mol. The van der Waals surface area contributed by atoms with Gasteiger partial charge in [-0.1, -0.05) is 13.3 Å². The van der Waals surface area contributed by atoms with Gasteiger partial charge in [-0.25, -0.2) is 4.99 Å². The van der Waals surface area contributed by atoms with Crippen molar-refractivity contribution in [2.24, 2.45) is 10.7 Å². The SMILES string of the molecule is CCC/C(C(C)=N)=C1\N=C(C)C(C#N)=C(N)N1. The highest BCUT2D eigenvalue weighted by Crippen LogP contribution is 2.18. The third kappa shape index (κ3) is 2.72. The Kier molecular flexibility index (Phi) is 4.05. The summed E-state index contributed by atoms with van der Waals surface area (Å²) >= 11 is 0. The van der Waals surface area contributed by atoms with Crippen LogP contribution in [-0.4, -0.2) is 11.4 Å². The molecule has 0 fully saturated rings. The Morgan fingerprint density at radius 3 is 2.65 bits per heavy atom. The molecule has 4 N–H and O–H groups in total. The van der Waals surface area contributed by atoms with E-state index in [4.69, 9.17) is 16.4 Å². The van der Waals surface area contributed by atoms with Crippen molar-refractivity contribution in [3.05, 3.63) is 22.8 Å². The van der Waals surface area contributed by atoms with E-state index in [1.165, 1.54) is 0 Å². The number of nitrogens with one attached hydrogen (secondary N) is 2. The Bertz CT molecular complexity index is 474. The van der Waals surface area contributed by atoms with Gasteiger partial charge in [0, 0.05) is 11.3 Å². The zero-order valence-electron chi connectivity index (χ0n) is 10.4. The van der Waals surface area contributed by atoms with E-state index in [1.807, 2.05) is 13.0 Å². The molecule has 1 aliphatic heterocycles. The molecule has 5 heteroatoms. The van der Waals surface area contributed by atoms with Gasteiger partial charge in [-0.2, -0.15) is 5.26 Å². The van der Waals surface area contributed by atoms with Crippen LogP contribution < -0.4 is 11.1 Å². The van der Waals surface area contributed by atoms with E-state index in [1.54, 1.807) is 13.8 Å². The smallest absolute Gasteiger partial charge is 0.136 e. The van der Waals surface area contributed by atoms with Crippen molar-refractivity contribution in [2.75, 3.05) is 0 Å². The fraction of sp³-hybridized carbons (Fsp3) is 0.417. The van der Waals surface area contributed by atoms with Crippen molar-refractivity contribution in [1.29, 1.82) is 10.7 Å². The van der Waals surface area contributed by atoms with E-state index in [9.17, 15) is 0 Å².